The van der Waals surface area contributed by atoms with Gasteiger partial charge in [0.1, 0.15) is 5.75 Å². The average molecular weight is 480 g/mol. The lowest BCUT2D eigenvalue weighted by molar-refractivity contribution is 0.00511. The van der Waals surface area contributed by atoms with Crippen LogP contribution in [-0.4, -0.2) is 52.2 Å². The van der Waals surface area contributed by atoms with Gasteiger partial charge in [0, 0.05) is 26.2 Å². The highest BCUT2D eigenvalue weighted by atomic mass is 16.5. The van der Waals surface area contributed by atoms with Crippen LogP contribution >= 0.6 is 0 Å². The van der Waals surface area contributed by atoms with Crippen molar-refractivity contribution in [3.8, 4) is 17.3 Å². The Morgan fingerprint density at radius 3 is 2.31 bits per heavy atom. The zero-order chi connectivity index (χ0) is 25.4. The molecule has 0 bridgehead atoms. The monoisotopic (exact) mass is 479 g/mol. The SMILES string of the molecule is Cc1cccc(Oc2c(CN(CC(C)C)CC(O)COCC(C)C)c(C)nn2-c2ccccc2)c1. The summed E-state index contributed by atoms with van der Waals surface area (Å²) in [5, 5.41) is 15.5. The number of aliphatic hydroxyl groups excluding tert-OH is 1. The Bertz CT molecular complexity index is 1050. The van der Waals surface area contributed by atoms with Crippen LogP contribution in [0.3, 0.4) is 0 Å². The van der Waals surface area contributed by atoms with Gasteiger partial charge < -0.3 is 14.6 Å². The molecule has 3 aromatic rings. The Hall–Kier alpha value is -2.67. The lowest BCUT2D eigenvalue weighted by atomic mass is 10.1. The predicted molar refractivity (Wildman–Crippen MR) is 141 cm³/mol. The first-order valence-corrected chi connectivity index (χ1v) is 12.6. The second-order valence-corrected chi connectivity index (χ2v) is 10.2. The number of ether oxygens (including phenoxy) is 2. The van der Waals surface area contributed by atoms with Gasteiger partial charge in [-0.25, -0.2) is 4.68 Å². The molecule has 35 heavy (non-hydrogen) atoms. The van der Waals surface area contributed by atoms with Crippen molar-refractivity contribution in [3.63, 3.8) is 0 Å². The van der Waals surface area contributed by atoms with Gasteiger partial charge in [0.2, 0.25) is 5.88 Å². The van der Waals surface area contributed by atoms with Crippen molar-refractivity contribution in [2.24, 2.45) is 11.8 Å². The fourth-order valence-electron chi connectivity index (χ4n) is 4.09. The zero-order valence-electron chi connectivity index (χ0n) is 22.1. The molecule has 0 amide bonds. The Kier molecular flexibility index (Phi) is 9.90. The lowest BCUT2D eigenvalue weighted by Gasteiger charge is -2.27. The van der Waals surface area contributed by atoms with Gasteiger partial charge in [-0.15, -0.1) is 0 Å². The zero-order valence-corrected chi connectivity index (χ0v) is 22.1. The highest BCUT2D eigenvalue weighted by Crippen LogP contribution is 2.32. The Balaban J connectivity index is 1.90. The van der Waals surface area contributed by atoms with Crippen molar-refractivity contribution < 1.29 is 14.6 Å². The van der Waals surface area contributed by atoms with Crippen molar-refractivity contribution in [1.29, 1.82) is 0 Å². The van der Waals surface area contributed by atoms with Crippen molar-refractivity contribution in [3.05, 3.63) is 71.4 Å². The van der Waals surface area contributed by atoms with Crippen LogP contribution in [0.1, 0.15) is 44.5 Å². The number of hydrogen-bond donors (Lipinski definition) is 1. The quantitative estimate of drug-likeness (QED) is 0.337. The van der Waals surface area contributed by atoms with E-state index in [1.807, 2.05) is 60.1 Å². The molecule has 0 saturated carbocycles. The first-order valence-electron chi connectivity index (χ1n) is 12.6. The molecular weight excluding hydrogens is 438 g/mol. The van der Waals surface area contributed by atoms with E-state index in [1.54, 1.807) is 0 Å². The standard InChI is InChI=1S/C29H41N3O3/c1-21(2)16-31(17-26(33)20-34-19-22(3)4)18-28-24(6)30-32(25-12-8-7-9-13-25)29(28)35-27-14-10-11-23(5)15-27/h7-15,21-22,26,33H,16-20H2,1-6H3. The van der Waals surface area contributed by atoms with Crippen molar-refractivity contribution >= 4 is 0 Å². The third-order valence-electron chi connectivity index (χ3n) is 5.58. The van der Waals surface area contributed by atoms with Crippen LogP contribution < -0.4 is 4.74 Å². The van der Waals surface area contributed by atoms with Crippen molar-refractivity contribution in [1.82, 2.24) is 14.7 Å². The highest BCUT2D eigenvalue weighted by molar-refractivity contribution is 5.43. The van der Waals surface area contributed by atoms with E-state index in [1.165, 1.54) is 0 Å². The normalized spacial score (nSPS) is 12.6. The van der Waals surface area contributed by atoms with Gasteiger partial charge in [0.15, 0.2) is 0 Å². The number of hydrogen-bond acceptors (Lipinski definition) is 5. The maximum absolute atomic E-state index is 10.7. The van der Waals surface area contributed by atoms with Crippen LogP contribution in [0.2, 0.25) is 0 Å². The maximum atomic E-state index is 10.7. The van der Waals surface area contributed by atoms with Gasteiger partial charge in [-0.3, -0.25) is 4.90 Å². The molecule has 0 aliphatic rings. The lowest BCUT2D eigenvalue weighted by Crippen LogP contribution is -2.37. The molecule has 2 aromatic carbocycles. The molecule has 0 fully saturated rings. The average Bonchev–Trinajstić information content (AvgIpc) is 3.08. The van der Waals surface area contributed by atoms with E-state index in [2.05, 4.69) is 45.6 Å². The number of aryl methyl sites for hydroxylation is 2. The molecule has 1 atom stereocenters. The summed E-state index contributed by atoms with van der Waals surface area (Å²) in [6, 6.07) is 18.1. The second-order valence-electron chi connectivity index (χ2n) is 10.2. The van der Waals surface area contributed by atoms with Crippen molar-refractivity contribution in [2.45, 2.75) is 54.2 Å². The Labute approximate surface area is 210 Å². The number of para-hydroxylation sites is 1. The van der Waals surface area contributed by atoms with Gasteiger partial charge >= 0.3 is 0 Å². The van der Waals surface area contributed by atoms with Gasteiger partial charge in [-0.05, 0) is 55.5 Å². The number of aromatic nitrogens is 2. The smallest absolute Gasteiger partial charge is 0.227 e. The molecule has 6 heteroatoms. The molecule has 0 aliphatic carbocycles. The molecule has 1 aromatic heterocycles. The molecule has 0 radical (unpaired) electrons. The fourth-order valence-corrected chi connectivity index (χ4v) is 4.09. The van der Waals surface area contributed by atoms with E-state index >= 15 is 0 Å². The predicted octanol–water partition coefficient (Wildman–Crippen LogP) is 5.77. The molecule has 1 N–H and O–H groups in total. The van der Waals surface area contributed by atoms with E-state index in [0.29, 0.717) is 44.0 Å². The van der Waals surface area contributed by atoms with Crippen LogP contribution in [0, 0.1) is 25.7 Å². The van der Waals surface area contributed by atoms with Crippen LogP contribution in [0.5, 0.6) is 11.6 Å². The topological polar surface area (TPSA) is 59.8 Å². The van der Waals surface area contributed by atoms with E-state index < -0.39 is 6.10 Å². The van der Waals surface area contributed by atoms with Gasteiger partial charge in [0.25, 0.3) is 0 Å². The summed E-state index contributed by atoms with van der Waals surface area (Å²) < 4.78 is 14.1. The van der Waals surface area contributed by atoms with Crippen LogP contribution in [0.15, 0.2) is 54.6 Å². The second kappa shape index (κ2) is 12.9. The summed E-state index contributed by atoms with van der Waals surface area (Å²) in [5.41, 5.74) is 4.02. The van der Waals surface area contributed by atoms with E-state index in [-0.39, 0.29) is 0 Å². The first-order chi connectivity index (χ1) is 16.7. The van der Waals surface area contributed by atoms with Crippen LogP contribution in [0.25, 0.3) is 5.69 Å². The third kappa shape index (κ3) is 8.20. The number of nitrogens with zero attached hydrogens (tertiary/aromatic N) is 3. The van der Waals surface area contributed by atoms with Gasteiger partial charge in [-0.1, -0.05) is 58.0 Å². The molecule has 0 aliphatic heterocycles. The molecule has 6 nitrogen and oxygen atoms in total. The molecule has 1 heterocycles. The summed E-state index contributed by atoms with van der Waals surface area (Å²) in [7, 11) is 0. The summed E-state index contributed by atoms with van der Waals surface area (Å²) in [5.74, 6) is 2.38. The summed E-state index contributed by atoms with van der Waals surface area (Å²) >= 11 is 0. The molecule has 190 valence electrons. The van der Waals surface area contributed by atoms with Gasteiger partial charge in [-0.2, -0.15) is 5.10 Å². The van der Waals surface area contributed by atoms with Gasteiger partial charge in [0.05, 0.1) is 29.7 Å². The van der Waals surface area contributed by atoms with Crippen LogP contribution in [-0.2, 0) is 11.3 Å². The summed E-state index contributed by atoms with van der Waals surface area (Å²) in [6.07, 6.45) is -0.557. The Morgan fingerprint density at radius 1 is 0.914 bits per heavy atom. The maximum Gasteiger partial charge on any atom is 0.227 e. The largest absolute Gasteiger partial charge is 0.439 e. The number of rotatable bonds is 13. The molecule has 0 spiro atoms. The Morgan fingerprint density at radius 2 is 1.66 bits per heavy atom. The minimum Gasteiger partial charge on any atom is -0.439 e. The molecular formula is C29H41N3O3. The van der Waals surface area contributed by atoms with E-state index in [4.69, 9.17) is 14.6 Å². The highest BCUT2D eigenvalue weighted by Gasteiger charge is 2.23. The van der Waals surface area contributed by atoms with E-state index in [9.17, 15) is 5.11 Å². The molecule has 3 rings (SSSR count). The summed E-state index contributed by atoms with van der Waals surface area (Å²) in [6.45, 7) is 15.7. The molecule has 0 saturated heterocycles. The minimum atomic E-state index is -0.557. The number of benzene rings is 2. The summed E-state index contributed by atoms with van der Waals surface area (Å²) in [4.78, 5) is 2.27. The van der Waals surface area contributed by atoms with Crippen LogP contribution in [0.4, 0.5) is 0 Å². The fraction of sp³-hybridized carbons (Fsp3) is 0.483. The van der Waals surface area contributed by atoms with Crippen molar-refractivity contribution in [2.75, 3.05) is 26.3 Å². The third-order valence-corrected chi connectivity index (χ3v) is 5.58. The minimum absolute atomic E-state index is 0.335. The number of aliphatic hydroxyl groups is 1. The molecule has 1 unspecified atom stereocenters. The van der Waals surface area contributed by atoms with E-state index in [0.717, 1.165) is 34.8 Å². The first kappa shape index (κ1) is 26.9.